The largest absolute Gasteiger partial charge is 0.472 e. The smallest absolute Gasteiger partial charge is 0.462 e. The van der Waals surface area contributed by atoms with E-state index in [1.54, 1.807) is 0 Å². The monoisotopic (exact) mass is 1380 g/mol. The lowest BCUT2D eigenvalue weighted by molar-refractivity contribution is -0.161. The van der Waals surface area contributed by atoms with Crippen LogP contribution in [0.1, 0.15) is 388 Å². The highest BCUT2D eigenvalue weighted by Gasteiger charge is 2.30. The Bertz CT molecular complexity index is 1820. The summed E-state index contributed by atoms with van der Waals surface area (Å²) in [6.07, 6.45) is 54.2. The van der Waals surface area contributed by atoms with Crippen molar-refractivity contribution in [2.45, 2.75) is 407 Å². The van der Waals surface area contributed by atoms with E-state index >= 15 is 0 Å². The third-order valence-corrected chi connectivity index (χ3v) is 19.7. The molecule has 558 valence electrons. The number of esters is 4. The molecular formula is C75H146O17P2. The van der Waals surface area contributed by atoms with Crippen molar-refractivity contribution >= 4 is 39.5 Å². The minimum Gasteiger partial charge on any atom is -0.462 e. The molecule has 17 nitrogen and oxygen atoms in total. The van der Waals surface area contributed by atoms with Crippen LogP contribution in [0.4, 0.5) is 0 Å². The predicted molar refractivity (Wildman–Crippen MR) is 381 cm³/mol. The van der Waals surface area contributed by atoms with E-state index in [0.29, 0.717) is 31.6 Å². The summed E-state index contributed by atoms with van der Waals surface area (Å²) >= 11 is 0. The molecule has 0 aliphatic heterocycles. The van der Waals surface area contributed by atoms with Gasteiger partial charge < -0.3 is 33.8 Å². The predicted octanol–water partition coefficient (Wildman–Crippen LogP) is 21.9. The molecule has 0 saturated carbocycles. The summed E-state index contributed by atoms with van der Waals surface area (Å²) in [5.74, 6) is -0.630. The fourth-order valence-corrected chi connectivity index (χ4v) is 13.0. The highest BCUT2D eigenvalue weighted by Crippen LogP contribution is 2.45. The van der Waals surface area contributed by atoms with Crippen molar-refractivity contribution in [1.82, 2.24) is 0 Å². The van der Waals surface area contributed by atoms with Crippen LogP contribution in [0.2, 0.25) is 0 Å². The number of rotatable bonds is 74. The first kappa shape index (κ1) is 92.1. The van der Waals surface area contributed by atoms with Crippen LogP contribution in [0, 0.1) is 11.8 Å². The summed E-state index contributed by atoms with van der Waals surface area (Å²) in [5.41, 5.74) is 0. The van der Waals surface area contributed by atoms with E-state index in [-0.39, 0.29) is 25.7 Å². The Morgan fingerprint density at radius 1 is 0.309 bits per heavy atom. The highest BCUT2D eigenvalue weighted by molar-refractivity contribution is 7.47. The lowest BCUT2D eigenvalue weighted by Gasteiger charge is -2.21. The Labute approximate surface area is 575 Å². The number of phosphoric acid groups is 2. The van der Waals surface area contributed by atoms with E-state index in [1.165, 1.54) is 199 Å². The maximum absolute atomic E-state index is 13.1. The second-order valence-electron chi connectivity index (χ2n) is 27.8. The Morgan fingerprint density at radius 3 is 0.809 bits per heavy atom. The van der Waals surface area contributed by atoms with E-state index in [9.17, 15) is 43.2 Å². The second-order valence-corrected chi connectivity index (χ2v) is 30.7. The van der Waals surface area contributed by atoms with Crippen LogP contribution in [-0.4, -0.2) is 96.7 Å². The molecule has 0 rings (SSSR count). The minimum absolute atomic E-state index is 0.106. The third-order valence-electron chi connectivity index (χ3n) is 17.8. The molecule has 0 saturated heterocycles. The van der Waals surface area contributed by atoms with Crippen molar-refractivity contribution < 1.29 is 80.2 Å². The van der Waals surface area contributed by atoms with Crippen molar-refractivity contribution in [3.63, 3.8) is 0 Å². The van der Waals surface area contributed by atoms with E-state index < -0.39 is 97.5 Å². The molecule has 19 heteroatoms. The van der Waals surface area contributed by atoms with Gasteiger partial charge in [-0.25, -0.2) is 9.13 Å². The number of ether oxygens (including phenoxy) is 4. The van der Waals surface area contributed by atoms with Gasteiger partial charge in [0.1, 0.15) is 19.3 Å². The van der Waals surface area contributed by atoms with Crippen LogP contribution in [0.25, 0.3) is 0 Å². The first-order chi connectivity index (χ1) is 45.4. The molecule has 0 radical (unpaired) electrons. The molecule has 94 heavy (non-hydrogen) atoms. The number of carbonyl (C=O) groups is 4. The van der Waals surface area contributed by atoms with Crippen molar-refractivity contribution in [2.75, 3.05) is 39.6 Å². The van der Waals surface area contributed by atoms with Crippen LogP contribution in [0.15, 0.2) is 0 Å². The van der Waals surface area contributed by atoms with Crippen LogP contribution >= 0.6 is 15.6 Å². The number of phosphoric ester groups is 2. The molecule has 0 aromatic carbocycles. The van der Waals surface area contributed by atoms with Gasteiger partial charge in [-0.05, 0) is 37.5 Å². The Balaban J connectivity index is 5.20. The van der Waals surface area contributed by atoms with Gasteiger partial charge in [0.2, 0.25) is 0 Å². The van der Waals surface area contributed by atoms with Gasteiger partial charge in [0.05, 0.1) is 26.4 Å². The molecule has 0 fully saturated rings. The molecule has 0 spiro atoms. The van der Waals surface area contributed by atoms with Gasteiger partial charge in [-0.3, -0.25) is 37.3 Å². The molecule has 0 aliphatic rings. The van der Waals surface area contributed by atoms with Crippen molar-refractivity contribution in [3.05, 3.63) is 0 Å². The Kier molecular flexibility index (Phi) is 65.5. The van der Waals surface area contributed by atoms with Crippen LogP contribution < -0.4 is 0 Å². The molecular weight excluding hydrogens is 1230 g/mol. The summed E-state index contributed by atoms with van der Waals surface area (Å²) in [6.45, 7) is 9.53. The molecule has 0 heterocycles. The zero-order chi connectivity index (χ0) is 69.3. The molecule has 3 N–H and O–H groups in total. The Morgan fingerprint density at radius 2 is 0.543 bits per heavy atom. The second kappa shape index (κ2) is 66.9. The molecule has 6 atom stereocenters. The molecule has 0 aromatic rings. The molecule has 0 aliphatic carbocycles. The van der Waals surface area contributed by atoms with Crippen molar-refractivity contribution in [2.24, 2.45) is 11.8 Å². The van der Waals surface area contributed by atoms with E-state index in [0.717, 1.165) is 102 Å². The third kappa shape index (κ3) is 67.3. The minimum atomic E-state index is -4.96. The first-order valence-corrected chi connectivity index (χ1v) is 42.0. The lowest BCUT2D eigenvalue weighted by Crippen LogP contribution is -2.30. The standard InChI is InChI=1S/C75H146O17P2/c1-7-10-12-14-16-18-20-21-22-23-24-25-26-27-28-30-36-40-48-54-60-75(80)91-70(63-85-72(77)57-51-45-38-34-32-31-33-37-44-50-56-68(6)9-3)65-89-93(81,82)87-61-69(76)62-88-94(83,84)90-66-71(64-86-73(78)58-52-46-42-41-43-49-55-67(4)5)92-74(79)59-53-47-39-35-29-19-17-15-13-11-8-2/h67-71,76H,7-66H2,1-6H3,(H,81,82)(H,83,84)/t68?,69-,70-,71-/m1/s1. The zero-order valence-electron chi connectivity index (χ0n) is 61.3. The SMILES string of the molecule is CCCCCCCCCCCCCCCCCCCCCCC(=O)O[C@H](COC(=O)CCCCCCCCCCCCC(C)CC)COP(=O)(O)OC[C@@H](O)COP(=O)(O)OC[C@@H](COC(=O)CCCCCCCCC(C)C)OC(=O)CCCCCCCCCCCCC. The highest BCUT2D eigenvalue weighted by atomic mass is 31.2. The quantitative estimate of drug-likeness (QED) is 0.0222. The maximum Gasteiger partial charge on any atom is 0.472 e. The van der Waals surface area contributed by atoms with Crippen molar-refractivity contribution in [3.8, 4) is 0 Å². The number of unbranched alkanes of at least 4 members (excludes halogenated alkanes) is 43. The number of aliphatic hydroxyl groups excluding tert-OH is 1. The Hall–Kier alpha value is -1.94. The van der Waals surface area contributed by atoms with Crippen LogP contribution in [-0.2, 0) is 65.4 Å². The molecule has 0 bridgehead atoms. The fourth-order valence-electron chi connectivity index (χ4n) is 11.4. The van der Waals surface area contributed by atoms with Gasteiger partial charge in [-0.1, -0.05) is 337 Å². The fraction of sp³-hybridized carbons (Fsp3) is 0.947. The van der Waals surface area contributed by atoms with Gasteiger partial charge in [-0.15, -0.1) is 0 Å². The van der Waals surface area contributed by atoms with Gasteiger partial charge in [0.15, 0.2) is 12.2 Å². The van der Waals surface area contributed by atoms with Gasteiger partial charge >= 0.3 is 39.5 Å². The topological polar surface area (TPSA) is 237 Å². The summed E-state index contributed by atoms with van der Waals surface area (Å²) in [7, 11) is -9.91. The summed E-state index contributed by atoms with van der Waals surface area (Å²) in [5, 5.41) is 10.6. The average Bonchev–Trinajstić information content (AvgIpc) is 3.21. The first-order valence-electron chi connectivity index (χ1n) is 39.0. The van der Waals surface area contributed by atoms with Crippen LogP contribution in [0.3, 0.4) is 0 Å². The maximum atomic E-state index is 13.1. The van der Waals surface area contributed by atoms with Gasteiger partial charge in [-0.2, -0.15) is 0 Å². The summed E-state index contributed by atoms with van der Waals surface area (Å²) < 4.78 is 68.4. The molecule has 0 amide bonds. The number of aliphatic hydroxyl groups is 1. The van der Waals surface area contributed by atoms with Gasteiger partial charge in [0.25, 0.3) is 0 Å². The number of carbonyl (C=O) groups excluding carboxylic acids is 4. The van der Waals surface area contributed by atoms with Crippen molar-refractivity contribution in [1.29, 1.82) is 0 Å². The molecule has 0 aromatic heterocycles. The number of hydrogen-bond donors (Lipinski definition) is 3. The normalized spacial score (nSPS) is 14.3. The zero-order valence-corrected chi connectivity index (χ0v) is 63.1. The summed E-state index contributed by atoms with van der Waals surface area (Å²) in [4.78, 5) is 72.7. The summed E-state index contributed by atoms with van der Waals surface area (Å²) in [6, 6.07) is 0. The average molecular weight is 1380 g/mol. The molecule has 3 unspecified atom stereocenters. The van der Waals surface area contributed by atoms with Gasteiger partial charge in [0, 0.05) is 25.7 Å². The van der Waals surface area contributed by atoms with E-state index in [2.05, 4.69) is 41.5 Å². The lowest BCUT2D eigenvalue weighted by atomic mass is 9.99. The van der Waals surface area contributed by atoms with Crippen LogP contribution in [0.5, 0.6) is 0 Å². The number of hydrogen-bond acceptors (Lipinski definition) is 15. The van der Waals surface area contributed by atoms with E-state index in [1.807, 2.05) is 0 Å². The van der Waals surface area contributed by atoms with E-state index in [4.69, 9.17) is 37.0 Å².